The Balaban J connectivity index is 1.78. The van der Waals surface area contributed by atoms with Crippen LogP contribution in [0.1, 0.15) is 30.0 Å². The minimum Gasteiger partial charge on any atom is -0.497 e. The summed E-state index contributed by atoms with van der Waals surface area (Å²) in [5, 5.41) is 0. The van der Waals surface area contributed by atoms with E-state index in [4.69, 9.17) is 4.74 Å². The summed E-state index contributed by atoms with van der Waals surface area (Å²) in [5.41, 5.74) is -4.64. The van der Waals surface area contributed by atoms with Crippen molar-refractivity contribution in [1.29, 1.82) is 0 Å². The zero-order chi connectivity index (χ0) is 21.0. The Hall–Kier alpha value is -2.56. The Bertz CT molecular complexity index is 1040. The lowest BCUT2D eigenvalue weighted by Gasteiger charge is -2.38. The van der Waals surface area contributed by atoms with Gasteiger partial charge >= 0.3 is 15.6 Å². The first-order chi connectivity index (χ1) is 13.6. The van der Waals surface area contributed by atoms with Crippen LogP contribution in [0.25, 0.3) is 0 Å². The summed E-state index contributed by atoms with van der Waals surface area (Å²) in [6.45, 7) is 0. The minimum absolute atomic E-state index is 0.0910. The second-order valence-corrected chi connectivity index (χ2v) is 8.38. The van der Waals surface area contributed by atoms with Gasteiger partial charge in [0.15, 0.2) is 5.75 Å². The molecule has 1 aromatic carbocycles. The molecule has 2 aliphatic heterocycles. The molecule has 0 N–H and O–H groups in total. The number of rotatable bonds is 4. The van der Waals surface area contributed by atoms with Gasteiger partial charge in [0.05, 0.1) is 19.3 Å². The summed E-state index contributed by atoms with van der Waals surface area (Å²) in [7, 11) is -4.38. The van der Waals surface area contributed by atoms with Gasteiger partial charge in [-0.1, -0.05) is 0 Å². The number of nitrogens with zero attached hydrogens (tertiary/aromatic N) is 2. The van der Waals surface area contributed by atoms with E-state index in [0.717, 1.165) is 5.69 Å². The molecule has 3 heterocycles. The van der Waals surface area contributed by atoms with Crippen molar-refractivity contribution in [3.05, 3.63) is 47.5 Å². The van der Waals surface area contributed by atoms with Crippen LogP contribution in [0.2, 0.25) is 0 Å². The highest BCUT2D eigenvalue weighted by Crippen LogP contribution is 2.50. The van der Waals surface area contributed by atoms with E-state index in [1.165, 1.54) is 7.11 Å². The number of aromatic nitrogens is 1. The highest BCUT2D eigenvalue weighted by Gasteiger charge is 2.50. The van der Waals surface area contributed by atoms with Crippen molar-refractivity contribution in [1.82, 2.24) is 4.98 Å². The fourth-order valence-electron chi connectivity index (χ4n) is 4.06. The molecule has 29 heavy (non-hydrogen) atoms. The van der Waals surface area contributed by atoms with Crippen molar-refractivity contribution >= 4 is 15.8 Å². The molecular weight excluding hydrogens is 416 g/mol. The summed E-state index contributed by atoms with van der Waals surface area (Å²) >= 11 is 0. The maximum absolute atomic E-state index is 14.3. The van der Waals surface area contributed by atoms with Crippen LogP contribution in [0.5, 0.6) is 11.5 Å². The van der Waals surface area contributed by atoms with Crippen LogP contribution in [-0.4, -0.2) is 32.1 Å². The summed E-state index contributed by atoms with van der Waals surface area (Å²) in [6, 6.07) is 6.44. The van der Waals surface area contributed by atoms with E-state index in [0.29, 0.717) is 24.8 Å². The van der Waals surface area contributed by atoms with Gasteiger partial charge in [-0.25, -0.2) is 4.98 Å². The Kier molecular flexibility index (Phi) is 4.60. The Morgan fingerprint density at radius 2 is 1.86 bits per heavy atom. The molecule has 1 aromatic heterocycles. The Morgan fingerprint density at radius 3 is 2.48 bits per heavy atom. The van der Waals surface area contributed by atoms with Gasteiger partial charge in [-0.2, -0.15) is 26.0 Å². The van der Waals surface area contributed by atoms with E-state index in [2.05, 4.69) is 9.17 Å². The third-order valence-corrected chi connectivity index (χ3v) is 6.23. The van der Waals surface area contributed by atoms with Gasteiger partial charge in [0.1, 0.15) is 5.75 Å². The van der Waals surface area contributed by atoms with Crippen molar-refractivity contribution in [2.24, 2.45) is 0 Å². The molecule has 0 aliphatic carbocycles. The molecule has 1 fully saturated rings. The first-order valence-corrected chi connectivity index (χ1v) is 10.1. The van der Waals surface area contributed by atoms with Crippen molar-refractivity contribution in [2.75, 3.05) is 12.0 Å². The third-order valence-electron chi connectivity index (χ3n) is 5.26. The molecular formula is C18H16F4N2O4S. The van der Waals surface area contributed by atoms with Gasteiger partial charge in [-0.3, -0.25) is 0 Å². The molecule has 0 amide bonds. The number of benzene rings is 1. The second kappa shape index (κ2) is 6.75. The minimum atomic E-state index is -5.90. The van der Waals surface area contributed by atoms with Crippen LogP contribution in [0, 0.1) is 5.95 Å². The maximum Gasteiger partial charge on any atom is 0.534 e. The Morgan fingerprint density at radius 1 is 1.17 bits per heavy atom. The highest BCUT2D eigenvalue weighted by molar-refractivity contribution is 7.88. The average Bonchev–Trinajstić information content (AvgIpc) is 2.96. The van der Waals surface area contributed by atoms with Gasteiger partial charge in [-0.05, 0) is 43.5 Å². The van der Waals surface area contributed by atoms with Crippen LogP contribution in [0.4, 0.5) is 23.2 Å². The first kappa shape index (κ1) is 19.7. The number of hydrogen-bond donors (Lipinski definition) is 0. The van der Waals surface area contributed by atoms with E-state index in [9.17, 15) is 26.0 Å². The fraction of sp³-hybridized carbons (Fsp3) is 0.389. The number of halogens is 4. The molecule has 0 radical (unpaired) electrons. The molecule has 2 atom stereocenters. The number of hydrogen-bond acceptors (Lipinski definition) is 6. The third kappa shape index (κ3) is 3.26. The van der Waals surface area contributed by atoms with Gasteiger partial charge in [0.25, 0.3) is 0 Å². The summed E-state index contributed by atoms with van der Waals surface area (Å²) < 4.78 is 85.3. The standard InChI is InChI=1S/C18H16F4N2O4S/c1-27-12-5-2-10(3-6-12)24-11-4-7-14(24)16-13(8-11)17(19)23-9-15(16)28-29(25,26)18(20,21)22/h2-3,5-6,9,11,14H,4,7-8H2,1H3/t11-,14+/m0/s1. The Labute approximate surface area is 164 Å². The molecule has 2 aromatic rings. The van der Waals surface area contributed by atoms with Gasteiger partial charge in [0, 0.05) is 22.9 Å². The van der Waals surface area contributed by atoms with Gasteiger partial charge < -0.3 is 13.8 Å². The van der Waals surface area contributed by atoms with E-state index in [1.807, 2.05) is 4.90 Å². The fourth-order valence-corrected chi connectivity index (χ4v) is 4.53. The van der Waals surface area contributed by atoms with E-state index >= 15 is 0 Å². The van der Waals surface area contributed by atoms with Crippen molar-refractivity contribution < 1.29 is 34.9 Å². The predicted octanol–water partition coefficient (Wildman–Crippen LogP) is 3.72. The monoisotopic (exact) mass is 432 g/mol. The normalized spacial score (nSPS) is 21.1. The van der Waals surface area contributed by atoms with Gasteiger partial charge in [-0.15, -0.1) is 0 Å². The van der Waals surface area contributed by atoms with Crippen molar-refractivity contribution in [3.63, 3.8) is 0 Å². The average molecular weight is 432 g/mol. The predicted molar refractivity (Wildman–Crippen MR) is 94.7 cm³/mol. The van der Waals surface area contributed by atoms with Crippen LogP contribution < -0.4 is 13.8 Å². The van der Waals surface area contributed by atoms with Crippen LogP contribution >= 0.6 is 0 Å². The number of methoxy groups -OCH3 is 1. The number of anilines is 1. The molecule has 11 heteroatoms. The molecule has 0 saturated carbocycles. The summed E-state index contributed by atoms with van der Waals surface area (Å²) in [4.78, 5) is 5.37. The lowest BCUT2D eigenvalue weighted by atomic mass is 9.93. The molecule has 156 valence electrons. The lowest BCUT2D eigenvalue weighted by Crippen LogP contribution is -2.39. The van der Waals surface area contributed by atoms with Crippen LogP contribution in [0.15, 0.2) is 30.5 Å². The SMILES string of the molecule is COc1ccc(N2[C@H]3CC[C@@H]2c2c(OS(=O)(=O)C(F)(F)F)cnc(F)c2C3)cc1. The number of pyridine rings is 1. The van der Waals surface area contributed by atoms with Crippen molar-refractivity contribution in [2.45, 2.75) is 36.9 Å². The molecule has 4 rings (SSSR count). The molecule has 0 spiro atoms. The smallest absolute Gasteiger partial charge is 0.497 e. The van der Waals surface area contributed by atoms with Gasteiger partial charge in [0.2, 0.25) is 5.95 Å². The molecule has 1 saturated heterocycles. The number of fused-ring (bicyclic) bond motifs is 4. The van der Waals surface area contributed by atoms with E-state index in [1.54, 1.807) is 24.3 Å². The zero-order valence-corrected chi connectivity index (χ0v) is 15.9. The zero-order valence-electron chi connectivity index (χ0n) is 15.1. The lowest BCUT2D eigenvalue weighted by molar-refractivity contribution is -0.0500. The van der Waals surface area contributed by atoms with E-state index in [-0.39, 0.29) is 23.6 Å². The maximum atomic E-state index is 14.3. The molecule has 6 nitrogen and oxygen atoms in total. The summed E-state index contributed by atoms with van der Waals surface area (Å²) in [5.74, 6) is -0.792. The summed E-state index contributed by atoms with van der Waals surface area (Å²) in [6.07, 6.45) is 2.05. The highest BCUT2D eigenvalue weighted by atomic mass is 32.2. The second-order valence-electron chi connectivity index (χ2n) is 6.85. The number of alkyl halides is 3. The quantitative estimate of drug-likeness (QED) is 0.318. The molecule has 2 aliphatic rings. The first-order valence-electron chi connectivity index (χ1n) is 8.73. The van der Waals surface area contributed by atoms with Crippen LogP contribution in [-0.2, 0) is 16.5 Å². The molecule has 0 unspecified atom stereocenters. The molecule has 2 bridgehead atoms. The van der Waals surface area contributed by atoms with E-state index < -0.39 is 33.4 Å². The largest absolute Gasteiger partial charge is 0.534 e. The number of ether oxygens (including phenoxy) is 1. The topological polar surface area (TPSA) is 68.7 Å². The van der Waals surface area contributed by atoms with Crippen LogP contribution in [0.3, 0.4) is 0 Å². The van der Waals surface area contributed by atoms with Crippen molar-refractivity contribution in [3.8, 4) is 11.5 Å².